The minimum Gasteiger partial charge on any atom is -0.489 e. The summed E-state index contributed by atoms with van der Waals surface area (Å²) in [5.74, 6) is 1.97. The average molecular weight is 344 g/mol. The largest absolute Gasteiger partial charge is 0.489 e. The van der Waals surface area contributed by atoms with Crippen molar-refractivity contribution in [3.63, 3.8) is 0 Å². The van der Waals surface area contributed by atoms with E-state index in [2.05, 4.69) is 19.0 Å². The van der Waals surface area contributed by atoms with Gasteiger partial charge < -0.3 is 20.1 Å². The average Bonchev–Trinajstić information content (AvgIpc) is 3.02. The van der Waals surface area contributed by atoms with Gasteiger partial charge in [0.2, 0.25) is 0 Å². The monoisotopic (exact) mass is 344 g/mol. The first-order valence-electron chi connectivity index (χ1n) is 8.74. The van der Waals surface area contributed by atoms with Crippen LogP contribution in [0.15, 0.2) is 34.9 Å². The molecular formula is C20H28N2O3. The molecule has 2 rings (SSSR count). The summed E-state index contributed by atoms with van der Waals surface area (Å²) in [7, 11) is 0. The molecule has 3 N–H and O–H groups in total. The zero-order chi connectivity index (χ0) is 18.3. The van der Waals surface area contributed by atoms with Gasteiger partial charge in [0.05, 0.1) is 0 Å². The SMILES string of the molecule is CCC(C)CCC(N)(O)COc1ccccc1C=Cc1cc(C)on1. The number of nitrogens with zero attached hydrogens (tertiary/aromatic N) is 1. The van der Waals surface area contributed by atoms with Gasteiger partial charge >= 0.3 is 0 Å². The first-order chi connectivity index (χ1) is 11.9. The Bertz CT molecular complexity index is 692. The Morgan fingerprint density at radius 3 is 2.80 bits per heavy atom. The van der Waals surface area contributed by atoms with E-state index in [1.807, 2.05) is 49.4 Å². The molecule has 2 atom stereocenters. The maximum absolute atomic E-state index is 10.3. The number of benzene rings is 1. The summed E-state index contributed by atoms with van der Waals surface area (Å²) < 4.78 is 10.8. The minimum absolute atomic E-state index is 0.0529. The van der Waals surface area contributed by atoms with E-state index in [1.54, 1.807) is 0 Å². The molecule has 5 heteroatoms. The number of hydrogen-bond acceptors (Lipinski definition) is 5. The summed E-state index contributed by atoms with van der Waals surface area (Å²) >= 11 is 0. The van der Waals surface area contributed by atoms with Crippen molar-refractivity contribution in [1.29, 1.82) is 0 Å². The number of ether oxygens (including phenoxy) is 1. The number of aliphatic hydroxyl groups is 1. The van der Waals surface area contributed by atoms with Crippen molar-refractivity contribution < 1.29 is 14.4 Å². The fraction of sp³-hybridized carbons (Fsp3) is 0.450. The topological polar surface area (TPSA) is 81.5 Å². The molecular weight excluding hydrogens is 316 g/mol. The molecule has 0 radical (unpaired) electrons. The van der Waals surface area contributed by atoms with Crippen LogP contribution in [0.1, 0.15) is 50.1 Å². The third kappa shape index (κ3) is 6.36. The van der Waals surface area contributed by atoms with Crippen LogP contribution in [0, 0.1) is 12.8 Å². The Labute approximate surface area is 149 Å². The lowest BCUT2D eigenvalue weighted by Gasteiger charge is -2.25. The van der Waals surface area contributed by atoms with Gasteiger partial charge in [0, 0.05) is 11.6 Å². The highest BCUT2D eigenvalue weighted by atomic mass is 16.5. The van der Waals surface area contributed by atoms with Crippen LogP contribution in [0.2, 0.25) is 0 Å². The smallest absolute Gasteiger partial charge is 0.147 e. The molecule has 0 bridgehead atoms. The standard InChI is InChI=1S/C20H28N2O3/c1-4-15(2)11-12-20(21,23)14-24-19-8-6-5-7-17(19)9-10-18-13-16(3)25-22-18/h5-10,13,15,23H,4,11-12,14,21H2,1-3H3. The van der Waals surface area contributed by atoms with Crippen LogP contribution < -0.4 is 10.5 Å². The van der Waals surface area contributed by atoms with Gasteiger partial charge in [0.1, 0.15) is 29.5 Å². The molecule has 0 saturated carbocycles. The Balaban J connectivity index is 1.99. The molecule has 2 aromatic rings. The third-order valence-corrected chi connectivity index (χ3v) is 4.24. The second kappa shape index (κ2) is 8.83. The lowest BCUT2D eigenvalue weighted by Crippen LogP contribution is -2.45. The van der Waals surface area contributed by atoms with E-state index < -0.39 is 5.72 Å². The van der Waals surface area contributed by atoms with Crippen molar-refractivity contribution in [3.05, 3.63) is 47.3 Å². The zero-order valence-electron chi connectivity index (χ0n) is 15.2. The Morgan fingerprint density at radius 2 is 2.12 bits per heavy atom. The van der Waals surface area contributed by atoms with Gasteiger partial charge in [-0.2, -0.15) is 0 Å². The van der Waals surface area contributed by atoms with Crippen LogP contribution in [0.5, 0.6) is 5.75 Å². The van der Waals surface area contributed by atoms with Crippen LogP contribution in [-0.2, 0) is 0 Å². The number of aromatic nitrogens is 1. The summed E-state index contributed by atoms with van der Waals surface area (Å²) in [6, 6.07) is 9.47. The van der Waals surface area contributed by atoms with E-state index in [-0.39, 0.29) is 6.61 Å². The van der Waals surface area contributed by atoms with Crippen molar-refractivity contribution in [2.45, 2.75) is 45.8 Å². The summed E-state index contributed by atoms with van der Waals surface area (Å²) in [4.78, 5) is 0. The predicted octanol–water partition coefficient (Wildman–Crippen LogP) is 4.01. The van der Waals surface area contributed by atoms with Crippen LogP contribution in [-0.4, -0.2) is 22.6 Å². The molecule has 1 aromatic carbocycles. The Hall–Kier alpha value is -2.11. The molecule has 0 spiro atoms. The fourth-order valence-corrected chi connectivity index (χ4v) is 2.36. The molecule has 25 heavy (non-hydrogen) atoms. The maximum atomic E-state index is 10.3. The van der Waals surface area contributed by atoms with Crippen LogP contribution in [0.25, 0.3) is 12.2 Å². The highest BCUT2D eigenvalue weighted by molar-refractivity contribution is 5.71. The molecule has 0 aliphatic rings. The summed E-state index contributed by atoms with van der Waals surface area (Å²) in [5, 5.41) is 14.3. The molecule has 1 aromatic heterocycles. The van der Waals surface area contributed by atoms with E-state index in [0.29, 0.717) is 18.1 Å². The van der Waals surface area contributed by atoms with Crippen LogP contribution in [0.3, 0.4) is 0 Å². The Morgan fingerprint density at radius 1 is 1.36 bits per heavy atom. The van der Waals surface area contributed by atoms with E-state index in [9.17, 15) is 5.11 Å². The predicted molar refractivity (Wildman–Crippen MR) is 99.9 cm³/mol. The third-order valence-electron chi connectivity index (χ3n) is 4.24. The normalized spacial score (nSPS) is 15.2. The number of hydrogen-bond donors (Lipinski definition) is 2. The number of para-hydroxylation sites is 1. The highest BCUT2D eigenvalue weighted by Crippen LogP contribution is 2.23. The first-order valence-corrected chi connectivity index (χ1v) is 8.74. The van der Waals surface area contributed by atoms with Crippen molar-refractivity contribution in [2.24, 2.45) is 11.7 Å². The first kappa shape index (κ1) is 19.2. The summed E-state index contributed by atoms with van der Waals surface area (Å²) in [6.45, 7) is 6.19. The van der Waals surface area contributed by atoms with Crippen LogP contribution in [0.4, 0.5) is 0 Å². The summed E-state index contributed by atoms with van der Waals surface area (Å²) in [6.07, 6.45) is 6.22. The van der Waals surface area contributed by atoms with Gasteiger partial charge in [-0.05, 0) is 43.9 Å². The molecule has 5 nitrogen and oxygen atoms in total. The van der Waals surface area contributed by atoms with Gasteiger partial charge in [-0.25, -0.2) is 0 Å². The van der Waals surface area contributed by atoms with Crippen LogP contribution >= 0.6 is 0 Å². The van der Waals surface area contributed by atoms with Gasteiger partial charge in [-0.3, -0.25) is 0 Å². The number of rotatable bonds is 9. The van der Waals surface area contributed by atoms with Crippen molar-refractivity contribution in [2.75, 3.05) is 6.61 Å². The van der Waals surface area contributed by atoms with E-state index in [0.717, 1.165) is 29.9 Å². The zero-order valence-corrected chi connectivity index (χ0v) is 15.2. The minimum atomic E-state index is -1.33. The fourth-order valence-electron chi connectivity index (χ4n) is 2.36. The van der Waals surface area contributed by atoms with Gasteiger partial charge in [-0.1, -0.05) is 43.6 Å². The molecule has 0 fully saturated rings. The quantitative estimate of drug-likeness (QED) is 0.672. The molecule has 2 unspecified atom stereocenters. The second-order valence-corrected chi connectivity index (χ2v) is 6.68. The molecule has 1 heterocycles. The van der Waals surface area contributed by atoms with E-state index in [1.165, 1.54) is 0 Å². The van der Waals surface area contributed by atoms with Gasteiger partial charge in [-0.15, -0.1) is 0 Å². The van der Waals surface area contributed by atoms with E-state index >= 15 is 0 Å². The lowest BCUT2D eigenvalue weighted by atomic mass is 9.98. The molecule has 136 valence electrons. The van der Waals surface area contributed by atoms with E-state index in [4.69, 9.17) is 15.0 Å². The van der Waals surface area contributed by atoms with Gasteiger partial charge in [0.15, 0.2) is 0 Å². The molecule has 0 aliphatic carbocycles. The maximum Gasteiger partial charge on any atom is 0.147 e. The molecule has 0 amide bonds. The summed E-state index contributed by atoms with van der Waals surface area (Å²) in [5.41, 5.74) is 6.28. The van der Waals surface area contributed by atoms with Crippen molar-refractivity contribution in [3.8, 4) is 5.75 Å². The lowest BCUT2D eigenvalue weighted by molar-refractivity contribution is -0.0111. The number of nitrogens with two attached hydrogens (primary N) is 1. The Kier molecular flexibility index (Phi) is 6.79. The number of aryl methyl sites for hydroxylation is 1. The van der Waals surface area contributed by atoms with Crippen molar-refractivity contribution >= 4 is 12.2 Å². The molecule has 0 aliphatic heterocycles. The highest BCUT2D eigenvalue weighted by Gasteiger charge is 2.23. The van der Waals surface area contributed by atoms with Gasteiger partial charge in [0.25, 0.3) is 0 Å². The second-order valence-electron chi connectivity index (χ2n) is 6.68. The van der Waals surface area contributed by atoms with Crippen molar-refractivity contribution in [1.82, 2.24) is 5.16 Å². The molecule has 0 saturated heterocycles.